The van der Waals surface area contributed by atoms with Crippen LogP contribution in [0.25, 0.3) is 16.9 Å². The zero-order valence-corrected chi connectivity index (χ0v) is 12.7. The third kappa shape index (κ3) is 2.72. The van der Waals surface area contributed by atoms with Crippen LogP contribution >= 0.6 is 0 Å². The first-order valence-electron chi connectivity index (χ1n) is 6.91. The molecule has 0 N–H and O–H groups in total. The van der Waals surface area contributed by atoms with Gasteiger partial charge in [0.15, 0.2) is 5.69 Å². The standard InChI is InChI=1S/C17H14N4O2/c1-22-14-8-12(9-15(10-14)23-2)17-16(11-18)19-20-21(17)13-6-4-3-5-7-13/h3-10H,1-2H3. The summed E-state index contributed by atoms with van der Waals surface area (Å²) in [6.45, 7) is 0. The van der Waals surface area contributed by atoms with Gasteiger partial charge in [0.1, 0.15) is 23.3 Å². The van der Waals surface area contributed by atoms with Gasteiger partial charge in [-0.15, -0.1) is 5.10 Å². The fourth-order valence-electron chi connectivity index (χ4n) is 2.31. The lowest BCUT2D eigenvalue weighted by atomic mass is 10.1. The van der Waals surface area contributed by atoms with E-state index in [1.807, 2.05) is 42.5 Å². The second-order valence-corrected chi connectivity index (χ2v) is 4.75. The Morgan fingerprint density at radius 2 is 1.65 bits per heavy atom. The van der Waals surface area contributed by atoms with Crippen molar-refractivity contribution in [1.29, 1.82) is 5.26 Å². The SMILES string of the molecule is COc1cc(OC)cc(-c2c(C#N)nnn2-c2ccccc2)c1. The summed E-state index contributed by atoms with van der Waals surface area (Å²) in [6.07, 6.45) is 0. The number of methoxy groups -OCH3 is 2. The van der Waals surface area contributed by atoms with E-state index in [-0.39, 0.29) is 5.69 Å². The molecule has 114 valence electrons. The van der Waals surface area contributed by atoms with Crippen LogP contribution in [-0.4, -0.2) is 29.2 Å². The van der Waals surface area contributed by atoms with Gasteiger partial charge in [-0.1, -0.05) is 23.4 Å². The molecule has 3 rings (SSSR count). The van der Waals surface area contributed by atoms with Gasteiger partial charge >= 0.3 is 0 Å². The van der Waals surface area contributed by atoms with E-state index in [1.165, 1.54) is 0 Å². The number of benzene rings is 2. The highest BCUT2D eigenvalue weighted by Crippen LogP contribution is 2.32. The fraction of sp³-hybridized carbons (Fsp3) is 0.118. The van der Waals surface area contributed by atoms with Crippen LogP contribution in [0.2, 0.25) is 0 Å². The average Bonchev–Trinajstić information content (AvgIpc) is 3.06. The number of ether oxygens (including phenoxy) is 2. The Labute approximate surface area is 133 Å². The molecule has 0 aliphatic carbocycles. The first kappa shape index (κ1) is 14.6. The molecule has 1 aromatic heterocycles. The Hall–Kier alpha value is -3.33. The van der Waals surface area contributed by atoms with Crippen LogP contribution in [0.5, 0.6) is 11.5 Å². The monoisotopic (exact) mass is 306 g/mol. The molecule has 23 heavy (non-hydrogen) atoms. The van der Waals surface area contributed by atoms with Crippen molar-refractivity contribution >= 4 is 0 Å². The molecule has 0 saturated carbocycles. The molecule has 2 aromatic carbocycles. The van der Waals surface area contributed by atoms with Crippen LogP contribution in [0.3, 0.4) is 0 Å². The van der Waals surface area contributed by atoms with Gasteiger partial charge in [-0.2, -0.15) is 5.26 Å². The van der Waals surface area contributed by atoms with Crippen molar-refractivity contribution in [2.45, 2.75) is 0 Å². The van der Waals surface area contributed by atoms with E-state index < -0.39 is 0 Å². The normalized spacial score (nSPS) is 10.1. The summed E-state index contributed by atoms with van der Waals surface area (Å²) in [5, 5.41) is 17.4. The molecule has 3 aromatic rings. The van der Waals surface area contributed by atoms with Crippen molar-refractivity contribution < 1.29 is 9.47 Å². The molecule has 0 unspecified atom stereocenters. The van der Waals surface area contributed by atoms with Gasteiger partial charge < -0.3 is 9.47 Å². The van der Waals surface area contributed by atoms with E-state index in [9.17, 15) is 5.26 Å². The van der Waals surface area contributed by atoms with Crippen LogP contribution in [-0.2, 0) is 0 Å². The minimum Gasteiger partial charge on any atom is -0.497 e. The summed E-state index contributed by atoms with van der Waals surface area (Å²) in [5.41, 5.74) is 2.39. The number of para-hydroxylation sites is 1. The summed E-state index contributed by atoms with van der Waals surface area (Å²) in [6, 6.07) is 17.0. The van der Waals surface area contributed by atoms with Gasteiger partial charge in [-0.3, -0.25) is 0 Å². The maximum atomic E-state index is 9.36. The van der Waals surface area contributed by atoms with Crippen molar-refractivity contribution in [2.24, 2.45) is 0 Å². The smallest absolute Gasteiger partial charge is 0.191 e. The molecule has 6 nitrogen and oxygen atoms in total. The Bertz CT molecular complexity index is 844. The molecule has 0 aliphatic heterocycles. The van der Waals surface area contributed by atoms with E-state index in [0.29, 0.717) is 17.2 Å². The van der Waals surface area contributed by atoms with E-state index in [2.05, 4.69) is 16.4 Å². The zero-order valence-electron chi connectivity index (χ0n) is 12.7. The number of nitriles is 1. The first-order chi connectivity index (χ1) is 11.3. The first-order valence-corrected chi connectivity index (χ1v) is 6.91. The van der Waals surface area contributed by atoms with Crippen molar-refractivity contribution in [3.8, 4) is 34.5 Å². The Morgan fingerprint density at radius 3 is 2.22 bits per heavy atom. The summed E-state index contributed by atoms with van der Waals surface area (Å²) in [5.74, 6) is 1.26. The van der Waals surface area contributed by atoms with E-state index in [0.717, 1.165) is 11.3 Å². The number of nitrogens with zero attached hydrogens (tertiary/aromatic N) is 4. The van der Waals surface area contributed by atoms with E-state index in [4.69, 9.17) is 9.47 Å². The number of hydrogen-bond acceptors (Lipinski definition) is 5. The number of hydrogen-bond donors (Lipinski definition) is 0. The summed E-state index contributed by atoms with van der Waals surface area (Å²) < 4.78 is 12.2. The molecule has 0 spiro atoms. The summed E-state index contributed by atoms with van der Waals surface area (Å²) in [4.78, 5) is 0. The highest BCUT2D eigenvalue weighted by Gasteiger charge is 2.17. The molecule has 0 aliphatic rings. The largest absolute Gasteiger partial charge is 0.497 e. The Morgan fingerprint density at radius 1 is 1.00 bits per heavy atom. The molecular formula is C17H14N4O2. The van der Waals surface area contributed by atoms with Crippen LogP contribution in [0.4, 0.5) is 0 Å². The lowest BCUT2D eigenvalue weighted by Crippen LogP contribution is -2.00. The van der Waals surface area contributed by atoms with Crippen LogP contribution < -0.4 is 9.47 Å². The molecule has 0 atom stereocenters. The van der Waals surface area contributed by atoms with Crippen LogP contribution in [0, 0.1) is 11.3 Å². The van der Waals surface area contributed by atoms with Crippen LogP contribution in [0.15, 0.2) is 48.5 Å². The van der Waals surface area contributed by atoms with Crippen molar-refractivity contribution in [1.82, 2.24) is 15.0 Å². The maximum Gasteiger partial charge on any atom is 0.191 e. The molecule has 6 heteroatoms. The molecule has 0 amide bonds. The predicted octanol–water partition coefficient (Wildman–Crippen LogP) is 2.82. The van der Waals surface area contributed by atoms with Gasteiger partial charge in [0.05, 0.1) is 19.9 Å². The number of aromatic nitrogens is 3. The van der Waals surface area contributed by atoms with Crippen molar-refractivity contribution in [3.63, 3.8) is 0 Å². The molecule has 0 saturated heterocycles. The van der Waals surface area contributed by atoms with Gasteiger partial charge in [0, 0.05) is 11.6 Å². The number of rotatable bonds is 4. The molecule has 0 radical (unpaired) electrons. The van der Waals surface area contributed by atoms with Gasteiger partial charge in [-0.05, 0) is 24.3 Å². The highest BCUT2D eigenvalue weighted by molar-refractivity contribution is 5.70. The summed E-state index contributed by atoms with van der Waals surface area (Å²) >= 11 is 0. The molecule has 1 heterocycles. The van der Waals surface area contributed by atoms with E-state index in [1.54, 1.807) is 25.0 Å². The lowest BCUT2D eigenvalue weighted by Gasteiger charge is -2.10. The molecular weight excluding hydrogens is 292 g/mol. The fourth-order valence-corrected chi connectivity index (χ4v) is 2.31. The minimum absolute atomic E-state index is 0.240. The van der Waals surface area contributed by atoms with Gasteiger partial charge in [-0.25, -0.2) is 4.68 Å². The van der Waals surface area contributed by atoms with Crippen molar-refractivity contribution in [2.75, 3.05) is 14.2 Å². The topological polar surface area (TPSA) is 73.0 Å². The molecule has 0 bridgehead atoms. The average molecular weight is 306 g/mol. The highest BCUT2D eigenvalue weighted by atomic mass is 16.5. The second-order valence-electron chi connectivity index (χ2n) is 4.75. The van der Waals surface area contributed by atoms with Crippen LogP contribution in [0.1, 0.15) is 5.69 Å². The summed E-state index contributed by atoms with van der Waals surface area (Å²) in [7, 11) is 3.16. The lowest BCUT2D eigenvalue weighted by molar-refractivity contribution is 0.394. The van der Waals surface area contributed by atoms with Gasteiger partial charge in [0.25, 0.3) is 0 Å². The minimum atomic E-state index is 0.240. The maximum absolute atomic E-state index is 9.36. The zero-order chi connectivity index (χ0) is 16.2. The Kier molecular flexibility index (Phi) is 3.93. The quantitative estimate of drug-likeness (QED) is 0.741. The van der Waals surface area contributed by atoms with E-state index >= 15 is 0 Å². The van der Waals surface area contributed by atoms with Crippen molar-refractivity contribution in [3.05, 3.63) is 54.2 Å². The third-order valence-corrected chi connectivity index (χ3v) is 3.40. The third-order valence-electron chi connectivity index (χ3n) is 3.40. The Balaban J connectivity index is 2.24. The molecule has 0 fully saturated rings. The van der Waals surface area contributed by atoms with Gasteiger partial charge in [0.2, 0.25) is 0 Å². The second kappa shape index (κ2) is 6.20. The predicted molar refractivity (Wildman–Crippen MR) is 84.6 cm³/mol.